The third kappa shape index (κ3) is 3.11. The van der Waals surface area contributed by atoms with E-state index in [9.17, 15) is 9.50 Å². The Morgan fingerprint density at radius 3 is 2.55 bits per heavy atom. The molecule has 0 fully saturated rings. The Kier molecular flexibility index (Phi) is 4.62. The van der Waals surface area contributed by atoms with Crippen molar-refractivity contribution in [2.24, 2.45) is 0 Å². The molecule has 2 aromatic rings. The molecule has 0 aromatic heterocycles. The normalized spacial score (nSPS) is 12.1. The molecule has 0 aliphatic carbocycles. The molecule has 0 unspecified atom stereocenters. The number of rotatable bonds is 4. The van der Waals surface area contributed by atoms with Gasteiger partial charge in [-0.3, -0.25) is 0 Å². The predicted molar refractivity (Wildman–Crippen MR) is 77.8 cm³/mol. The molecule has 0 aliphatic rings. The van der Waals surface area contributed by atoms with E-state index in [1.54, 1.807) is 31.4 Å². The number of hydrogen-bond acceptors (Lipinski definition) is 3. The summed E-state index contributed by atoms with van der Waals surface area (Å²) in [5, 5.41) is 9.66. The zero-order valence-electron chi connectivity index (χ0n) is 11.1. The molecule has 0 bridgehead atoms. The third-order valence-electron chi connectivity index (χ3n) is 2.79. The molecule has 1 atom stereocenters. The minimum atomic E-state index is -0.955. The zero-order chi connectivity index (χ0) is 14.7. The Balaban J connectivity index is 2.38. The van der Waals surface area contributed by atoms with Crippen molar-refractivity contribution in [3.05, 3.63) is 52.3 Å². The number of methoxy groups -OCH3 is 1. The van der Waals surface area contributed by atoms with Crippen LogP contribution in [-0.2, 0) is 0 Å². The van der Waals surface area contributed by atoms with Crippen LogP contribution in [-0.4, -0.2) is 12.2 Å². The van der Waals surface area contributed by atoms with Gasteiger partial charge >= 0.3 is 0 Å². The highest BCUT2D eigenvalue weighted by atomic mass is 79.9. The summed E-state index contributed by atoms with van der Waals surface area (Å²) in [6, 6.07) is 9.63. The Morgan fingerprint density at radius 1 is 1.20 bits per heavy atom. The lowest BCUT2D eigenvalue weighted by Crippen LogP contribution is -2.00. The monoisotopic (exact) mass is 340 g/mol. The molecule has 0 saturated heterocycles. The summed E-state index contributed by atoms with van der Waals surface area (Å²) in [5.74, 6) is 0.977. The van der Waals surface area contributed by atoms with E-state index in [4.69, 9.17) is 9.47 Å². The van der Waals surface area contributed by atoms with Gasteiger partial charge in [-0.25, -0.2) is 4.39 Å². The Hall–Kier alpha value is -1.59. The highest BCUT2D eigenvalue weighted by molar-refractivity contribution is 9.10. The van der Waals surface area contributed by atoms with E-state index in [2.05, 4.69) is 15.9 Å². The molecule has 0 amide bonds. The molecule has 0 aliphatic heterocycles. The number of aliphatic hydroxyl groups excluding tert-OH is 1. The van der Waals surface area contributed by atoms with Crippen LogP contribution in [0.3, 0.4) is 0 Å². The lowest BCUT2D eigenvalue weighted by Gasteiger charge is -2.15. The molecule has 0 radical (unpaired) electrons. The summed E-state index contributed by atoms with van der Waals surface area (Å²) < 4.78 is 25.2. The molecule has 2 aromatic carbocycles. The smallest absolute Gasteiger partial charge is 0.141 e. The fraction of sp³-hybridized carbons (Fsp3) is 0.200. The van der Waals surface area contributed by atoms with Gasteiger partial charge in [0, 0.05) is 0 Å². The fourth-order valence-corrected chi connectivity index (χ4v) is 2.26. The van der Waals surface area contributed by atoms with Crippen molar-refractivity contribution in [2.75, 3.05) is 7.11 Å². The van der Waals surface area contributed by atoms with Crippen LogP contribution in [0, 0.1) is 5.82 Å². The fourth-order valence-electron chi connectivity index (χ4n) is 1.82. The maximum Gasteiger partial charge on any atom is 0.141 e. The van der Waals surface area contributed by atoms with Crippen LogP contribution in [0.15, 0.2) is 40.9 Å². The van der Waals surface area contributed by atoms with Gasteiger partial charge < -0.3 is 14.6 Å². The molecule has 3 nitrogen and oxygen atoms in total. The average Bonchev–Trinajstić information content (AvgIpc) is 2.40. The van der Waals surface area contributed by atoms with Gasteiger partial charge in [0.05, 0.1) is 23.2 Å². The van der Waals surface area contributed by atoms with Crippen LogP contribution < -0.4 is 9.47 Å². The minimum absolute atomic E-state index is 0.134. The van der Waals surface area contributed by atoms with Gasteiger partial charge in [0.2, 0.25) is 0 Å². The van der Waals surface area contributed by atoms with Crippen molar-refractivity contribution in [3.8, 4) is 17.2 Å². The molecular formula is C15H14BrFO3. The highest BCUT2D eigenvalue weighted by Crippen LogP contribution is 2.36. The van der Waals surface area contributed by atoms with E-state index < -0.39 is 11.9 Å². The maximum atomic E-state index is 13.8. The number of ether oxygens (including phenoxy) is 2. The van der Waals surface area contributed by atoms with Crippen molar-refractivity contribution < 1.29 is 19.0 Å². The largest absolute Gasteiger partial charge is 0.497 e. The quantitative estimate of drug-likeness (QED) is 0.893. The second kappa shape index (κ2) is 6.24. The van der Waals surface area contributed by atoms with Crippen molar-refractivity contribution >= 4 is 15.9 Å². The van der Waals surface area contributed by atoms with Crippen LogP contribution in [0.1, 0.15) is 18.6 Å². The molecule has 0 saturated carbocycles. The molecule has 20 heavy (non-hydrogen) atoms. The summed E-state index contributed by atoms with van der Waals surface area (Å²) in [7, 11) is 1.57. The summed E-state index contributed by atoms with van der Waals surface area (Å²) >= 11 is 3.36. The zero-order valence-corrected chi connectivity index (χ0v) is 12.6. The van der Waals surface area contributed by atoms with Gasteiger partial charge in [-0.1, -0.05) is 6.07 Å². The van der Waals surface area contributed by atoms with E-state index in [0.29, 0.717) is 16.0 Å². The van der Waals surface area contributed by atoms with Crippen LogP contribution in [0.25, 0.3) is 0 Å². The van der Waals surface area contributed by atoms with E-state index in [1.807, 2.05) is 0 Å². The van der Waals surface area contributed by atoms with E-state index in [1.165, 1.54) is 19.1 Å². The molecule has 0 spiro atoms. The van der Waals surface area contributed by atoms with E-state index >= 15 is 0 Å². The maximum absolute atomic E-state index is 13.8. The summed E-state index contributed by atoms with van der Waals surface area (Å²) in [5.41, 5.74) is 0.134. The first kappa shape index (κ1) is 14.8. The lowest BCUT2D eigenvalue weighted by molar-refractivity contribution is 0.190. The van der Waals surface area contributed by atoms with Gasteiger partial charge in [-0.2, -0.15) is 0 Å². The summed E-state index contributed by atoms with van der Waals surface area (Å²) in [6.07, 6.45) is -0.955. The number of hydrogen-bond donors (Lipinski definition) is 1. The predicted octanol–water partition coefficient (Wildman–Crippen LogP) is 4.44. The van der Waals surface area contributed by atoms with Crippen molar-refractivity contribution in [1.29, 1.82) is 0 Å². The SMILES string of the molecule is COc1ccc(Oc2cccc(F)c2[C@@H](C)O)c(Br)c1. The average molecular weight is 341 g/mol. The van der Waals surface area contributed by atoms with Gasteiger partial charge in [-0.05, 0) is 53.2 Å². The third-order valence-corrected chi connectivity index (χ3v) is 3.41. The standard InChI is InChI=1S/C15H14BrFO3/c1-9(18)15-12(17)4-3-5-14(15)20-13-7-6-10(19-2)8-11(13)16/h3-9,18H,1-2H3/t9-/m1/s1. The molecule has 1 N–H and O–H groups in total. The Bertz CT molecular complexity index is 614. The van der Waals surface area contributed by atoms with Gasteiger partial charge in [0.25, 0.3) is 0 Å². The molecule has 0 heterocycles. The second-order valence-corrected chi connectivity index (χ2v) is 5.08. The minimum Gasteiger partial charge on any atom is -0.497 e. The van der Waals surface area contributed by atoms with Crippen LogP contribution in [0.5, 0.6) is 17.2 Å². The van der Waals surface area contributed by atoms with Crippen molar-refractivity contribution in [2.45, 2.75) is 13.0 Å². The lowest BCUT2D eigenvalue weighted by atomic mass is 10.1. The first-order valence-electron chi connectivity index (χ1n) is 6.00. The topological polar surface area (TPSA) is 38.7 Å². The van der Waals surface area contributed by atoms with Crippen LogP contribution in [0.2, 0.25) is 0 Å². The Labute approximate surface area is 125 Å². The van der Waals surface area contributed by atoms with E-state index in [0.717, 1.165) is 0 Å². The van der Waals surface area contributed by atoms with E-state index in [-0.39, 0.29) is 11.3 Å². The van der Waals surface area contributed by atoms with Crippen molar-refractivity contribution in [3.63, 3.8) is 0 Å². The number of benzene rings is 2. The van der Waals surface area contributed by atoms with Gasteiger partial charge in [0.1, 0.15) is 23.1 Å². The molecular weight excluding hydrogens is 327 g/mol. The molecule has 5 heteroatoms. The molecule has 2 rings (SSSR count). The number of aliphatic hydroxyl groups is 1. The van der Waals surface area contributed by atoms with Gasteiger partial charge in [-0.15, -0.1) is 0 Å². The van der Waals surface area contributed by atoms with Crippen molar-refractivity contribution in [1.82, 2.24) is 0 Å². The summed E-state index contributed by atoms with van der Waals surface area (Å²) in [6.45, 7) is 1.49. The molecule has 106 valence electrons. The number of halogens is 2. The van der Waals surface area contributed by atoms with Crippen LogP contribution in [0.4, 0.5) is 4.39 Å². The Morgan fingerprint density at radius 2 is 1.95 bits per heavy atom. The highest BCUT2D eigenvalue weighted by Gasteiger charge is 2.16. The van der Waals surface area contributed by atoms with Gasteiger partial charge in [0.15, 0.2) is 0 Å². The first-order valence-corrected chi connectivity index (χ1v) is 6.80. The second-order valence-electron chi connectivity index (χ2n) is 4.23. The first-order chi connectivity index (χ1) is 9.52. The van der Waals surface area contributed by atoms with Crippen LogP contribution >= 0.6 is 15.9 Å². The summed E-state index contributed by atoms with van der Waals surface area (Å²) in [4.78, 5) is 0.